The lowest BCUT2D eigenvalue weighted by molar-refractivity contribution is -0.0615. The number of aliphatic hydroxyl groups is 3. The van der Waals surface area contributed by atoms with Crippen LogP contribution in [0.3, 0.4) is 0 Å². The second-order valence-electron chi connectivity index (χ2n) is 9.97. The second kappa shape index (κ2) is 13.7. The van der Waals surface area contributed by atoms with Crippen molar-refractivity contribution in [2.75, 3.05) is 31.2 Å². The van der Waals surface area contributed by atoms with Crippen LogP contribution in [0.4, 0.5) is 11.8 Å². The van der Waals surface area contributed by atoms with E-state index in [1.54, 1.807) is 0 Å². The highest BCUT2D eigenvalue weighted by molar-refractivity contribution is 7.47. The predicted molar refractivity (Wildman–Crippen MR) is 152 cm³/mol. The largest absolute Gasteiger partial charge is 0.472 e. The fourth-order valence-electron chi connectivity index (χ4n) is 5.23. The number of aromatic amines is 1. The lowest BCUT2D eigenvalue weighted by atomic mass is 9.99. The molecular formula is C21H29N11O12P2. The van der Waals surface area contributed by atoms with Crippen LogP contribution in [0.5, 0.6) is 0 Å². The molecule has 46 heavy (non-hydrogen) atoms. The van der Waals surface area contributed by atoms with Gasteiger partial charge in [-0.2, -0.15) is 4.98 Å². The summed E-state index contributed by atoms with van der Waals surface area (Å²) >= 11 is 0. The van der Waals surface area contributed by atoms with Crippen molar-refractivity contribution in [2.45, 2.75) is 43.0 Å². The summed E-state index contributed by atoms with van der Waals surface area (Å²) in [7, 11) is -5.80. The molecule has 0 bridgehead atoms. The zero-order valence-corrected chi connectivity index (χ0v) is 25.1. The fourth-order valence-corrected chi connectivity index (χ4v) is 6.20. The molecule has 9 atom stereocenters. The molecule has 0 aliphatic carbocycles. The lowest BCUT2D eigenvalue weighted by Gasteiger charge is -2.26. The molecule has 12 N–H and O–H groups in total. The van der Waals surface area contributed by atoms with Crippen LogP contribution in [0.15, 0.2) is 23.8 Å². The molecule has 2 aliphatic heterocycles. The normalized spacial score (nSPS) is 29.3. The van der Waals surface area contributed by atoms with Crippen LogP contribution in [-0.2, 0) is 27.7 Å². The fraction of sp³-hybridized carbons (Fsp3) is 0.524. The van der Waals surface area contributed by atoms with Crippen LogP contribution in [-0.4, -0.2) is 114 Å². The molecule has 6 heterocycles. The summed E-state index contributed by atoms with van der Waals surface area (Å²) in [4.78, 5) is 52.4. The number of nitrogen functional groups attached to an aromatic ring is 2. The second-order valence-corrected chi connectivity index (χ2v) is 11.5. The molecule has 2 fully saturated rings. The number of nitrogens with one attached hydrogen (secondary N) is 1. The maximum Gasteiger partial charge on any atom is 0.472 e. The van der Waals surface area contributed by atoms with Gasteiger partial charge in [0.25, 0.3) is 5.56 Å². The van der Waals surface area contributed by atoms with E-state index < -0.39 is 84.2 Å². The summed E-state index contributed by atoms with van der Waals surface area (Å²) < 4.78 is 46.5. The zero-order chi connectivity index (χ0) is 33.3. The van der Waals surface area contributed by atoms with Gasteiger partial charge < -0.3 is 51.8 Å². The average molecular weight is 689 g/mol. The van der Waals surface area contributed by atoms with Crippen molar-refractivity contribution in [3.63, 3.8) is 0 Å². The van der Waals surface area contributed by atoms with Crippen LogP contribution in [0.2, 0.25) is 0 Å². The van der Waals surface area contributed by atoms with Crippen LogP contribution in [0.1, 0.15) is 12.5 Å². The van der Waals surface area contributed by atoms with Gasteiger partial charge in [-0.05, 0) is 0 Å². The smallest absolute Gasteiger partial charge is 0.394 e. The van der Waals surface area contributed by atoms with Gasteiger partial charge >= 0.3 is 16.5 Å². The van der Waals surface area contributed by atoms with Crippen LogP contribution in [0.25, 0.3) is 22.3 Å². The van der Waals surface area contributed by atoms with Gasteiger partial charge in [0.1, 0.15) is 36.3 Å². The standard InChI is InChI=1S/C21H28N11O10P.HO2P/c22-1-7-8(2-33)40-20(32-6-28-11-17(32)29-21(24)30-18(11)36)14(7)42-43(37,38)39-3-9-12(34)13(35)19(41-9)31-5-27-10-15(23)25-4-26-16(10)31;1-3-2/h4-9,12-14,19-20,33-35H,1-3,22H2,(H,37,38)(H2,23,25,26)(H3,24,29,30,36);(H,1,2)/t7-,8-,9-,12-,13-,14-,19-,20-;/m1./s1. The van der Waals surface area contributed by atoms with E-state index in [9.17, 15) is 29.6 Å². The van der Waals surface area contributed by atoms with Crippen LogP contribution < -0.4 is 22.8 Å². The molecule has 2 saturated heterocycles. The Morgan fingerprint density at radius 1 is 1.02 bits per heavy atom. The van der Waals surface area contributed by atoms with E-state index in [-0.39, 0.29) is 40.6 Å². The summed E-state index contributed by atoms with van der Waals surface area (Å²) in [5.74, 6) is -0.937. The number of imidazole rings is 2. The first-order valence-electron chi connectivity index (χ1n) is 13.2. The number of phosphoric acid groups is 1. The number of hydrogen-bond acceptors (Lipinski definition) is 18. The number of nitrogens with two attached hydrogens (primary N) is 3. The highest BCUT2D eigenvalue weighted by atomic mass is 31.2. The minimum atomic E-state index is -4.97. The highest BCUT2D eigenvalue weighted by Crippen LogP contribution is 2.51. The number of hydrogen-bond donors (Lipinski definition) is 9. The number of H-pyrrole nitrogens is 1. The van der Waals surface area contributed by atoms with E-state index in [0.717, 1.165) is 0 Å². The molecular weight excluding hydrogens is 660 g/mol. The lowest BCUT2D eigenvalue weighted by Crippen LogP contribution is -2.36. The number of anilines is 2. The Kier molecular flexibility index (Phi) is 10.0. The molecule has 4 aromatic heterocycles. The van der Waals surface area contributed by atoms with Gasteiger partial charge in [-0.3, -0.25) is 28.0 Å². The van der Waals surface area contributed by atoms with Gasteiger partial charge in [0.05, 0.1) is 32.0 Å². The van der Waals surface area contributed by atoms with Gasteiger partial charge in [-0.25, -0.2) is 29.1 Å². The molecule has 23 nitrogen and oxygen atoms in total. The number of fused-ring (bicyclic) bond motifs is 2. The summed E-state index contributed by atoms with van der Waals surface area (Å²) in [6.07, 6.45) is -5.33. The summed E-state index contributed by atoms with van der Waals surface area (Å²) in [6.45, 7) is -1.35. The number of ether oxygens (including phenoxy) is 2. The first kappa shape index (κ1) is 33.8. The maximum absolute atomic E-state index is 13.2. The van der Waals surface area contributed by atoms with E-state index in [1.165, 1.54) is 28.1 Å². The van der Waals surface area contributed by atoms with Gasteiger partial charge in [0.15, 0.2) is 35.1 Å². The Morgan fingerprint density at radius 2 is 1.67 bits per heavy atom. The Hall–Kier alpha value is -3.57. The average Bonchev–Trinajstić information content (AvgIpc) is 3.77. The summed E-state index contributed by atoms with van der Waals surface area (Å²) in [6, 6.07) is 0. The van der Waals surface area contributed by atoms with Crippen molar-refractivity contribution >= 4 is 50.6 Å². The van der Waals surface area contributed by atoms with Crippen molar-refractivity contribution < 1.29 is 52.8 Å². The molecule has 6 rings (SSSR count). The molecule has 0 saturated carbocycles. The van der Waals surface area contributed by atoms with E-state index in [0.29, 0.717) is 0 Å². The minimum absolute atomic E-state index is 0.00976. The van der Waals surface area contributed by atoms with Crippen molar-refractivity contribution in [1.29, 1.82) is 0 Å². The number of aliphatic hydroxyl groups excluding tert-OH is 3. The number of nitrogens with zero attached hydrogens (tertiary/aromatic N) is 7. The SMILES string of the molecule is NC[C@H]1[C@@H](OP(=O)(O)OC[C@H]2O[C@@H](n3cnc4c(N)ncnc43)[C@H](O)[C@@H]2O)[C@H](n2cnc3c(=O)[nH]c(N)nc32)O[C@@H]1CO.O=PO. The molecule has 250 valence electrons. The third-order valence-electron chi connectivity index (χ3n) is 7.33. The molecule has 1 unspecified atom stereocenters. The van der Waals surface area contributed by atoms with E-state index >= 15 is 0 Å². The van der Waals surface area contributed by atoms with Crippen molar-refractivity contribution in [2.24, 2.45) is 11.7 Å². The van der Waals surface area contributed by atoms with Gasteiger partial charge in [-0.15, -0.1) is 0 Å². The molecule has 2 aliphatic rings. The Labute approximate surface area is 257 Å². The van der Waals surface area contributed by atoms with Gasteiger partial charge in [0, 0.05) is 12.5 Å². The van der Waals surface area contributed by atoms with Crippen molar-refractivity contribution in [3.05, 3.63) is 29.3 Å². The van der Waals surface area contributed by atoms with Crippen LogP contribution in [0, 0.1) is 5.92 Å². The molecule has 0 spiro atoms. The zero-order valence-electron chi connectivity index (χ0n) is 23.3. The van der Waals surface area contributed by atoms with Crippen LogP contribution >= 0.6 is 16.5 Å². The number of rotatable bonds is 9. The first-order valence-corrected chi connectivity index (χ1v) is 15.5. The first-order chi connectivity index (χ1) is 21.9. The molecule has 0 aromatic carbocycles. The Bertz CT molecular complexity index is 1810. The Balaban J connectivity index is 0.00000134. The predicted octanol–water partition coefficient (Wildman–Crippen LogP) is -3.10. The monoisotopic (exact) mass is 689 g/mol. The number of phosphoric ester groups is 1. The Morgan fingerprint density at radius 3 is 2.35 bits per heavy atom. The summed E-state index contributed by atoms with van der Waals surface area (Å²) in [5, 5.41) is 31.2. The van der Waals surface area contributed by atoms with E-state index in [1.807, 2.05) is 0 Å². The van der Waals surface area contributed by atoms with Crippen molar-refractivity contribution in [1.82, 2.24) is 39.0 Å². The minimum Gasteiger partial charge on any atom is -0.394 e. The molecule has 4 aromatic rings. The third-order valence-corrected chi connectivity index (χ3v) is 8.31. The molecule has 0 amide bonds. The molecule has 0 radical (unpaired) electrons. The topological polar surface area (TPSA) is 357 Å². The highest BCUT2D eigenvalue weighted by Gasteiger charge is 2.50. The summed E-state index contributed by atoms with van der Waals surface area (Å²) in [5.41, 5.74) is 17.1. The quantitative estimate of drug-likeness (QED) is 0.0785. The van der Waals surface area contributed by atoms with E-state index in [2.05, 4.69) is 29.9 Å². The van der Waals surface area contributed by atoms with E-state index in [4.69, 9.17) is 45.2 Å². The number of aromatic nitrogens is 8. The van der Waals surface area contributed by atoms with Crippen molar-refractivity contribution in [3.8, 4) is 0 Å². The maximum atomic E-state index is 13.2. The van der Waals surface area contributed by atoms with Gasteiger partial charge in [0.2, 0.25) is 5.95 Å². The van der Waals surface area contributed by atoms with Gasteiger partial charge in [-0.1, -0.05) is 0 Å². The third kappa shape index (κ3) is 6.36. The molecule has 25 heteroatoms.